The van der Waals surface area contributed by atoms with Crippen LogP contribution in [0.5, 0.6) is 0 Å². The number of nitrogens with zero attached hydrogens (tertiary/aromatic N) is 2. The van der Waals surface area contributed by atoms with E-state index in [1.54, 1.807) is 4.68 Å². The Morgan fingerprint density at radius 1 is 1.57 bits per heavy atom. The Labute approximate surface area is 88.4 Å². The van der Waals surface area contributed by atoms with Crippen molar-refractivity contribution >= 4 is 17.9 Å². The number of rotatable bonds is 3. The standard InChI is InChI=1S/C10H13ClN2O/c1-7(4-11)5-13-9(3)10(6-14)8(2)12-13/h4,6H,5H2,1-3H3. The van der Waals surface area contributed by atoms with Crippen molar-refractivity contribution in [1.29, 1.82) is 0 Å². The average Bonchev–Trinajstić information content (AvgIpc) is 2.42. The van der Waals surface area contributed by atoms with E-state index < -0.39 is 0 Å². The summed E-state index contributed by atoms with van der Waals surface area (Å²) < 4.78 is 1.78. The van der Waals surface area contributed by atoms with Crippen LogP contribution in [0.2, 0.25) is 0 Å². The van der Waals surface area contributed by atoms with Gasteiger partial charge in [0.2, 0.25) is 0 Å². The molecule has 1 heterocycles. The highest BCUT2D eigenvalue weighted by Gasteiger charge is 2.09. The van der Waals surface area contributed by atoms with Crippen LogP contribution >= 0.6 is 11.6 Å². The first-order valence-electron chi connectivity index (χ1n) is 4.35. The fourth-order valence-electron chi connectivity index (χ4n) is 1.31. The Balaban J connectivity index is 3.05. The quantitative estimate of drug-likeness (QED) is 0.722. The molecule has 0 spiro atoms. The fourth-order valence-corrected chi connectivity index (χ4v) is 1.38. The Hall–Kier alpha value is -1.09. The molecule has 0 saturated heterocycles. The van der Waals surface area contributed by atoms with Crippen molar-refractivity contribution in [3.63, 3.8) is 0 Å². The highest BCUT2D eigenvalue weighted by atomic mass is 35.5. The highest BCUT2D eigenvalue weighted by Crippen LogP contribution is 2.12. The lowest BCUT2D eigenvalue weighted by atomic mass is 10.2. The molecule has 3 nitrogen and oxygen atoms in total. The zero-order valence-electron chi connectivity index (χ0n) is 8.54. The lowest BCUT2D eigenvalue weighted by molar-refractivity contribution is 0.112. The second-order valence-corrected chi connectivity index (χ2v) is 3.53. The molecule has 0 aliphatic carbocycles. The van der Waals surface area contributed by atoms with Gasteiger partial charge in [0, 0.05) is 11.2 Å². The van der Waals surface area contributed by atoms with Gasteiger partial charge in [-0.3, -0.25) is 9.48 Å². The van der Waals surface area contributed by atoms with Crippen molar-refractivity contribution in [2.75, 3.05) is 0 Å². The number of aldehydes is 1. The maximum atomic E-state index is 10.7. The minimum Gasteiger partial charge on any atom is -0.298 e. The third-order valence-corrected chi connectivity index (χ3v) is 2.51. The SMILES string of the molecule is CC(=CCl)Cn1nc(C)c(C=O)c1C. The van der Waals surface area contributed by atoms with Gasteiger partial charge in [-0.15, -0.1) is 0 Å². The van der Waals surface area contributed by atoms with E-state index in [-0.39, 0.29) is 0 Å². The number of aryl methyl sites for hydroxylation is 1. The van der Waals surface area contributed by atoms with Crippen molar-refractivity contribution in [1.82, 2.24) is 9.78 Å². The summed E-state index contributed by atoms with van der Waals surface area (Å²) in [5.41, 5.74) is 4.86. The number of carbonyl (C=O) groups is 1. The van der Waals surface area contributed by atoms with Crippen molar-refractivity contribution in [3.8, 4) is 0 Å². The summed E-state index contributed by atoms with van der Waals surface area (Å²) in [5.74, 6) is 0. The van der Waals surface area contributed by atoms with Crippen LogP contribution in [0.4, 0.5) is 0 Å². The summed E-state index contributed by atoms with van der Waals surface area (Å²) in [7, 11) is 0. The third-order valence-electron chi connectivity index (χ3n) is 2.14. The molecule has 76 valence electrons. The van der Waals surface area contributed by atoms with Gasteiger partial charge in [0.1, 0.15) is 0 Å². The van der Waals surface area contributed by atoms with Crippen LogP contribution in [0.3, 0.4) is 0 Å². The number of allylic oxidation sites excluding steroid dienone is 1. The summed E-state index contributed by atoms with van der Waals surface area (Å²) >= 11 is 5.56. The van der Waals surface area contributed by atoms with Crippen molar-refractivity contribution in [2.24, 2.45) is 0 Å². The molecule has 0 aliphatic rings. The first kappa shape index (κ1) is 11.0. The maximum Gasteiger partial charge on any atom is 0.153 e. The summed E-state index contributed by atoms with van der Waals surface area (Å²) in [6.07, 6.45) is 0.841. The van der Waals surface area contributed by atoms with Gasteiger partial charge in [0.25, 0.3) is 0 Å². The zero-order valence-corrected chi connectivity index (χ0v) is 9.30. The number of aromatic nitrogens is 2. The molecule has 1 aromatic heterocycles. The molecule has 0 radical (unpaired) electrons. The van der Waals surface area contributed by atoms with Gasteiger partial charge in [0.15, 0.2) is 6.29 Å². The summed E-state index contributed by atoms with van der Waals surface area (Å²) in [6.45, 7) is 6.26. The van der Waals surface area contributed by atoms with Gasteiger partial charge in [-0.05, 0) is 26.3 Å². The molecular formula is C10H13ClN2O. The second-order valence-electron chi connectivity index (χ2n) is 3.32. The van der Waals surface area contributed by atoms with Crippen LogP contribution in [0.25, 0.3) is 0 Å². The molecule has 0 aliphatic heterocycles. The van der Waals surface area contributed by atoms with Crippen LogP contribution < -0.4 is 0 Å². The van der Waals surface area contributed by atoms with Crippen molar-refractivity contribution in [2.45, 2.75) is 27.3 Å². The smallest absolute Gasteiger partial charge is 0.153 e. The van der Waals surface area contributed by atoms with Crippen LogP contribution in [-0.2, 0) is 6.54 Å². The number of halogens is 1. The molecule has 0 N–H and O–H groups in total. The van der Waals surface area contributed by atoms with E-state index in [1.807, 2.05) is 20.8 Å². The monoisotopic (exact) mass is 212 g/mol. The first-order valence-corrected chi connectivity index (χ1v) is 4.78. The Morgan fingerprint density at radius 2 is 2.21 bits per heavy atom. The minimum absolute atomic E-state index is 0.629. The molecule has 0 saturated carbocycles. The lowest BCUT2D eigenvalue weighted by Crippen LogP contribution is -2.03. The van der Waals surface area contributed by atoms with Gasteiger partial charge in [0.05, 0.1) is 17.8 Å². The molecule has 0 atom stereocenters. The molecular weight excluding hydrogens is 200 g/mol. The first-order chi connectivity index (χ1) is 6.60. The predicted molar refractivity (Wildman–Crippen MR) is 56.7 cm³/mol. The van der Waals surface area contributed by atoms with Gasteiger partial charge >= 0.3 is 0 Å². The van der Waals surface area contributed by atoms with Gasteiger partial charge in [-0.25, -0.2) is 0 Å². The average molecular weight is 213 g/mol. The summed E-state index contributed by atoms with van der Waals surface area (Å²) in [6, 6.07) is 0. The Morgan fingerprint density at radius 3 is 2.64 bits per heavy atom. The third kappa shape index (κ3) is 2.04. The highest BCUT2D eigenvalue weighted by molar-refractivity contribution is 6.25. The van der Waals surface area contributed by atoms with Gasteiger partial charge in [-0.2, -0.15) is 5.10 Å². The molecule has 14 heavy (non-hydrogen) atoms. The fraction of sp³-hybridized carbons (Fsp3) is 0.400. The van der Waals surface area contributed by atoms with E-state index >= 15 is 0 Å². The minimum atomic E-state index is 0.629. The van der Waals surface area contributed by atoms with Crippen molar-refractivity contribution in [3.05, 3.63) is 28.1 Å². The van der Waals surface area contributed by atoms with Crippen LogP contribution in [-0.4, -0.2) is 16.1 Å². The normalized spacial score (nSPS) is 11.9. The predicted octanol–water partition coefficient (Wildman–Crippen LogP) is 2.46. The molecule has 0 unspecified atom stereocenters. The van der Waals surface area contributed by atoms with Gasteiger partial charge in [-0.1, -0.05) is 11.6 Å². The van der Waals surface area contributed by atoms with Crippen LogP contribution in [0.15, 0.2) is 11.1 Å². The Kier molecular flexibility index (Phi) is 3.47. The molecule has 0 bridgehead atoms. The summed E-state index contributed by atoms with van der Waals surface area (Å²) in [4.78, 5) is 10.7. The largest absolute Gasteiger partial charge is 0.298 e. The van der Waals surface area contributed by atoms with E-state index in [0.29, 0.717) is 12.1 Å². The van der Waals surface area contributed by atoms with E-state index in [2.05, 4.69) is 5.10 Å². The maximum absolute atomic E-state index is 10.7. The van der Waals surface area contributed by atoms with E-state index in [0.717, 1.165) is 23.2 Å². The second kappa shape index (κ2) is 4.42. The topological polar surface area (TPSA) is 34.9 Å². The van der Waals surface area contributed by atoms with Crippen LogP contribution in [0, 0.1) is 13.8 Å². The molecule has 1 aromatic rings. The molecule has 4 heteroatoms. The van der Waals surface area contributed by atoms with Crippen LogP contribution in [0.1, 0.15) is 28.7 Å². The number of carbonyl (C=O) groups excluding carboxylic acids is 1. The van der Waals surface area contributed by atoms with Gasteiger partial charge < -0.3 is 0 Å². The number of hydrogen-bond acceptors (Lipinski definition) is 2. The van der Waals surface area contributed by atoms with E-state index in [9.17, 15) is 4.79 Å². The number of hydrogen-bond donors (Lipinski definition) is 0. The summed E-state index contributed by atoms with van der Waals surface area (Å²) in [5, 5.41) is 4.25. The van der Waals surface area contributed by atoms with Crippen molar-refractivity contribution < 1.29 is 4.79 Å². The molecule has 0 aromatic carbocycles. The molecule has 0 fully saturated rings. The zero-order chi connectivity index (χ0) is 10.7. The molecule has 1 rings (SSSR count). The Bertz CT molecular complexity index is 380. The van der Waals surface area contributed by atoms with E-state index in [4.69, 9.17) is 11.6 Å². The lowest BCUT2D eigenvalue weighted by Gasteiger charge is -2.03. The van der Waals surface area contributed by atoms with E-state index in [1.165, 1.54) is 5.54 Å². The molecule has 0 amide bonds.